The quantitative estimate of drug-likeness (QED) is 0.556. The van der Waals surface area contributed by atoms with Gasteiger partial charge in [-0.05, 0) is 43.5 Å². The SMILES string of the molecule is Cc1ccccc1-n1c(SC(C)C(=O)N2CCc3ccccc32)nnc1N1CCOCC1. The minimum Gasteiger partial charge on any atom is -0.378 e. The van der Waals surface area contributed by atoms with E-state index in [1.165, 1.54) is 17.3 Å². The molecule has 1 saturated heterocycles. The second-order valence-electron chi connectivity index (χ2n) is 8.13. The van der Waals surface area contributed by atoms with Crippen LogP contribution in [0.5, 0.6) is 0 Å². The van der Waals surface area contributed by atoms with Gasteiger partial charge in [0.1, 0.15) is 0 Å². The van der Waals surface area contributed by atoms with Crippen molar-refractivity contribution in [3.63, 3.8) is 0 Å². The van der Waals surface area contributed by atoms with Gasteiger partial charge in [-0.3, -0.25) is 9.36 Å². The van der Waals surface area contributed by atoms with Crippen molar-refractivity contribution in [1.29, 1.82) is 0 Å². The fourth-order valence-corrected chi connectivity index (χ4v) is 5.24. The maximum Gasteiger partial charge on any atom is 0.240 e. The van der Waals surface area contributed by atoms with Crippen LogP contribution in [0.25, 0.3) is 5.69 Å². The summed E-state index contributed by atoms with van der Waals surface area (Å²) in [6, 6.07) is 16.4. The smallest absolute Gasteiger partial charge is 0.240 e. The molecule has 0 aliphatic carbocycles. The lowest BCUT2D eigenvalue weighted by atomic mass is 10.2. The van der Waals surface area contributed by atoms with E-state index in [-0.39, 0.29) is 11.2 Å². The van der Waals surface area contributed by atoms with Gasteiger partial charge in [-0.25, -0.2) is 0 Å². The number of aryl methyl sites for hydroxylation is 1. The lowest BCUT2D eigenvalue weighted by Crippen LogP contribution is -2.38. The lowest BCUT2D eigenvalue weighted by molar-refractivity contribution is -0.117. The number of benzene rings is 2. The molecule has 32 heavy (non-hydrogen) atoms. The summed E-state index contributed by atoms with van der Waals surface area (Å²) in [5, 5.41) is 9.51. The third-order valence-corrected chi connectivity index (χ3v) is 7.08. The van der Waals surface area contributed by atoms with Gasteiger partial charge in [-0.1, -0.05) is 48.2 Å². The fourth-order valence-electron chi connectivity index (χ4n) is 4.33. The molecule has 5 rings (SSSR count). The first kappa shape index (κ1) is 21.0. The molecule has 0 bridgehead atoms. The zero-order valence-corrected chi connectivity index (χ0v) is 19.2. The third-order valence-electron chi connectivity index (χ3n) is 6.05. The molecule has 0 saturated carbocycles. The molecule has 2 aliphatic rings. The molecule has 1 aromatic heterocycles. The van der Waals surface area contributed by atoms with E-state index < -0.39 is 0 Å². The minimum absolute atomic E-state index is 0.104. The molecule has 3 heterocycles. The second-order valence-corrected chi connectivity index (χ2v) is 9.44. The molecule has 2 aliphatic heterocycles. The van der Waals surface area contributed by atoms with Crippen molar-refractivity contribution in [2.75, 3.05) is 42.6 Å². The van der Waals surface area contributed by atoms with E-state index in [0.717, 1.165) is 54.1 Å². The summed E-state index contributed by atoms with van der Waals surface area (Å²) in [6.45, 7) is 7.66. The van der Waals surface area contributed by atoms with Crippen molar-refractivity contribution in [3.8, 4) is 5.69 Å². The van der Waals surface area contributed by atoms with Crippen LogP contribution in [0.2, 0.25) is 0 Å². The first-order valence-corrected chi connectivity index (χ1v) is 11.9. The van der Waals surface area contributed by atoms with Gasteiger partial charge in [0.2, 0.25) is 11.9 Å². The Hall–Kier alpha value is -2.84. The average molecular weight is 450 g/mol. The highest BCUT2D eigenvalue weighted by molar-refractivity contribution is 8.00. The number of rotatable bonds is 5. The zero-order chi connectivity index (χ0) is 22.1. The van der Waals surface area contributed by atoms with Gasteiger partial charge in [-0.15, -0.1) is 10.2 Å². The highest BCUT2D eigenvalue weighted by Crippen LogP contribution is 2.34. The summed E-state index contributed by atoms with van der Waals surface area (Å²) in [5.74, 6) is 0.906. The summed E-state index contributed by atoms with van der Waals surface area (Å²) >= 11 is 1.47. The van der Waals surface area contributed by atoms with Gasteiger partial charge in [0.05, 0.1) is 24.2 Å². The third kappa shape index (κ3) is 3.89. The van der Waals surface area contributed by atoms with Crippen molar-refractivity contribution in [2.45, 2.75) is 30.7 Å². The van der Waals surface area contributed by atoms with E-state index in [2.05, 4.69) is 44.8 Å². The van der Waals surface area contributed by atoms with E-state index in [0.29, 0.717) is 13.2 Å². The molecule has 2 aromatic carbocycles. The minimum atomic E-state index is -0.286. The number of nitrogens with zero attached hydrogens (tertiary/aromatic N) is 5. The number of ether oxygens (including phenoxy) is 1. The van der Waals surface area contributed by atoms with Gasteiger partial charge in [0.15, 0.2) is 5.16 Å². The first-order chi connectivity index (χ1) is 15.6. The monoisotopic (exact) mass is 449 g/mol. The van der Waals surface area contributed by atoms with Crippen molar-refractivity contribution in [1.82, 2.24) is 14.8 Å². The lowest BCUT2D eigenvalue weighted by Gasteiger charge is -2.28. The largest absolute Gasteiger partial charge is 0.378 e. The molecule has 1 fully saturated rings. The molecular formula is C24H27N5O2S. The van der Waals surface area contributed by atoms with Gasteiger partial charge < -0.3 is 14.5 Å². The van der Waals surface area contributed by atoms with Crippen LogP contribution < -0.4 is 9.80 Å². The van der Waals surface area contributed by atoms with Crippen molar-refractivity contribution >= 4 is 29.3 Å². The molecule has 1 atom stereocenters. The predicted octanol–water partition coefficient (Wildman–Crippen LogP) is 3.48. The Morgan fingerprint density at radius 1 is 1.00 bits per heavy atom. The van der Waals surface area contributed by atoms with E-state index in [9.17, 15) is 4.79 Å². The number of carbonyl (C=O) groups excluding carboxylic acids is 1. The highest BCUT2D eigenvalue weighted by Gasteiger charge is 2.30. The van der Waals surface area contributed by atoms with E-state index >= 15 is 0 Å². The summed E-state index contributed by atoms with van der Waals surface area (Å²) in [5.41, 5.74) is 4.43. The van der Waals surface area contributed by atoms with Crippen LogP contribution in [0, 0.1) is 6.92 Å². The van der Waals surface area contributed by atoms with Crippen molar-refractivity contribution < 1.29 is 9.53 Å². The van der Waals surface area contributed by atoms with E-state index in [1.54, 1.807) is 0 Å². The molecule has 7 nitrogen and oxygen atoms in total. The molecule has 0 N–H and O–H groups in total. The standard InChI is InChI=1S/C24H27N5O2S/c1-17-7-3-5-9-20(17)29-23(27-13-15-31-16-14-27)25-26-24(29)32-18(2)22(30)28-12-11-19-8-4-6-10-21(19)28/h3-10,18H,11-16H2,1-2H3. The predicted molar refractivity (Wildman–Crippen MR) is 127 cm³/mol. The Bertz CT molecular complexity index is 1130. The van der Waals surface area contributed by atoms with Crippen LogP contribution in [0.1, 0.15) is 18.1 Å². The number of fused-ring (bicyclic) bond motifs is 1. The number of anilines is 2. The van der Waals surface area contributed by atoms with Crippen LogP contribution in [0.15, 0.2) is 53.7 Å². The van der Waals surface area contributed by atoms with Crippen LogP contribution in [-0.2, 0) is 16.0 Å². The maximum absolute atomic E-state index is 13.4. The highest BCUT2D eigenvalue weighted by atomic mass is 32.2. The Morgan fingerprint density at radius 3 is 2.50 bits per heavy atom. The Morgan fingerprint density at radius 2 is 1.72 bits per heavy atom. The number of thioether (sulfide) groups is 1. The molecule has 0 radical (unpaired) electrons. The summed E-state index contributed by atoms with van der Waals surface area (Å²) in [6.07, 6.45) is 0.903. The first-order valence-electron chi connectivity index (χ1n) is 11.0. The number of hydrogen-bond donors (Lipinski definition) is 0. The number of para-hydroxylation sites is 2. The topological polar surface area (TPSA) is 63.5 Å². The second kappa shape index (κ2) is 8.96. The van der Waals surface area contributed by atoms with Gasteiger partial charge in [0, 0.05) is 25.3 Å². The summed E-state index contributed by atoms with van der Waals surface area (Å²) < 4.78 is 7.61. The van der Waals surface area contributed by atoms with Gasteiger partial charge in [0.25, 0.3) is 0 Å². The van der Waals surface area contributed by atoms with Crippen LogP contribution in [-0.4, -0.2) is 58.8 Å². The molecule has 3 aromatic rings. The Balaban J connectivity index is 1.45. The van der Waals surface area contributed by atoms with Crippen LogP contribution in [0.4, 0.5) is 11.6 Å². The fraction of sp³-hybridized carbons (Fsp3) is 0.375. The number of morpholine rings is 1. The number of carbonyl (C=O) groups is 1. The molecule has 1 unspecified atom stereocenters. The van der Waals surface area contributed by atoms with Crippen LogP contribution >= 0.6 is 11.8 Å². The van der Waals surface area contributed by atoms with Crippen molar-refractivity contribution in [3.05, 3.63) is 59.7 Å². The number of hydrogen-bond acceptors (Lipinski definition) is 6. The maximum atomic E-state index is 13.4. The van der Waals surface area contributed by atoms with E-state index in [4.69, 9.17) is 4.74 Å². The Kier molecular flexibility index (Phi) is 5.89. The number of amides is 1. The number of aromatic nitrogens is 3. The summed E-state index contributed by atoms with van der Waals surface area (Å²) in [7, 11) is 0. The zero-order valence-electron chi connectivity index (χ0n) is 18.4. The van der Waals surface area contributed by atoms with Crippen molar-refractivity contribution in [2.24, 2.45) is 0 Å². The van der Waals surface area contributed by atoms with Crippen LogP contribution in [0.3, 0.4) is 0 Å². The molecular weight excluding hydrogens is 422 g/mol. The molecule has 166 valence electrons. The average Bonchev–Trinajstić information content (AvgIpc) is 3.44. The van der Waals surface area contributed by atoms with Gasteiger partial charge >= 0.3 is 0 Å². The molecule has 0 spiro atoms. The Labute approximate surface area is 192 Å². The summed E-state index contributed by atoms with van der Waals surface area (Å²) in [4.78, 5) is 17.5. The van der Waals surface area contributed by atoms with E-state index in [1.807, 2.05) is 42.2 Å². The normalized spacial score (nSPS) is 16.8. The molecule has 8 heteroatoms. The van der Waals surface area contributed by atoms with Gasteiger partial charge in [-0.2, -0.15) is 0 Å². The molecule has 1 amide bonds.